The van der Waals surface area contributed by atoms with Gasteiger partial charge in [0, 0.05) is 45.6 Å². The predicted octanol–water partition coefficient (Wildman–Crippen LogP) is 2.90. The number of aliphatic imine (C=N–C) groups is 1. The van der Waals surface area contributed by atoms with Crippen LogP contribution in [0.5, 0.6) is 0 Å². The number of nitrogens with one attached hydrogen (secondary N) is 2. The highest BCUT2D eigenvalue weighted by atomic mass is 32.1. The Morgan fingerprint density at radius 2 is 1.84 bits per heavy atom. The second kappa shape index (κ2) is 13.3. The van der Waals surface area contributed by atoms with E-state index in [1.54, 1.807) is 30.3 Å². The molecule has 13 heteroatoms. The zero-order valence-electron chi connectivity index (χ0n) is 24.6. The predicted molar refractivity (Wildman–Crippen MR) is 165 cm³/mol. The highest BCUT2D eigenvalue weighted by molar-refractivity contribution is 7.18. The molecule has 2 aliphatic rings. The van der Waals surface area contributed by atoms with Crippen molar-refractivity contribution in [3.05, 3.63) is 52.8 Å². The van der Waals surface area contributed by atoms with Crippen molar-refractivity contribution >= 4 is 56.8 Å². The van der Waals surface area contributed by atoms with Crippen molar-refractivity contribution in [2.75, 3.05) is 45.6 Å². The molecule has 1 unspecified atom stereocenters. The van der Waals surface area contributed by atoms with Crippen LogP contribution in [-0.2, 0) is 9.59 Å². The molecule has 2 saturated heterocycles. The quantitative estimate of drug-likeness (QED) is 0.326. The van der Waals surface area contributed by atoms with Crippen molar-refractivity contribution in [2.24, 2.45) is 4.99 Å². The Morgan fingerprint density at radius 3 is 2.56 bits per heavy atom. The number of likely N-dealkylation sites (tertiary alicyclic amines) is 2. The summed E-state index contributed by atoms with van der Waals surface area (Å²) in [5.74, 6) is -0.968. The first kappa shape index (κ1) is 30.1. The van der Waals surface area contributed by atoms with Gasteiger partial charge in [-0.1, -0.05) is 0 Å². The first-order valence-corrected chi connectivity index (χ1v) is 15.3. The molecule has 226 valence electrons. The highest BCUT2D eigenvalue weighted by Crippen LogP contribution is 2.25. The van der Waals surface area contributed by atoms with E-state index in [0.29, 0.717) is 18.7 Å². The maximum Gasteiger partial charge on any atom is 0.271 e. The zero-order chi connectivity index (χ0) is 30.5. The van der Waals surface area contributed by atoms with Crippen LogP contribution in [0, 0.1) is 6.92 Å². The minimum Gasteiger partial charge on any atom is -0.343 e. The van der Waals surface area contributed by atoms with Crippen molar-refractivity contribution in [1.82, 2.24) is 30.0 Å². The van der Waals surface area contributed by atoms with Crippen molar-refractivity contribution in [2.45, 2.75) is 45.1 Å². The van der Waals surface area contributed by atoms with Gasteiger partial charge in [0.1, 0.15) is 11.7 Å². The van der Waals surface area contributed by atoms with Crippen LogP contribution >= 0.6 is 11.3 Å². The molecule has 2 aliphatic heterocycles. The molecule has 1 atom stereocenters. The number of fused-ring (bicyclic) bond motifs is 1. The topological polar surface area (TPSA) is 140 Å². The molecule has 43 heavy (non-hydrogen) atoms. The minimum absolute atomic E-state index is 0.0313. The SMILES string of the molecule is Cc1nc2cc(NC(=NC3CCCCN(CC(=O)N4CCCC4)C3=O)NC(=O)c3ccc(C(=O)N(C)C)nc3)ccc2s1. The maximum atomic E-state index is 13.6. The summed E-state index contributed by atoms with van der Waals surface area (Å²) in [5.41, 5.74) is 1.89. The number of carbonyl (C=O) groups is 4. The number of guanidine groups is 1. The molecule has 5 rings (SSSR count). The second-order valence-electron chi connectivity index (χ2n) is 11.0. The number of hydrogen-bond acceptors (Lipinski definition) is 8. The standard InChI is InChI=1S/C30H36N8O4S/c1-19-32-24-16-21(10-12-25(24)43-19)33-30(35-27(40)20-9-11-22(31-17-20)28(41)36(2)3)34-23-8-4-5-15-38(29(23)42)18-26(39)37-13-6-7-14-37/h9-12,16-17,23H,4-8,13-15,18H2,1-3H3,(H2,33,34,35,40). The molecule has 2 fully saturated rings. The monoisotopic (exact) mass is 604 g/mol. The molecular weight excluding hydrogens is 568 g/mol. The number of pyridine rings is 1. The molecule has 0 spiro atoms. The molecule has 3 aromatic rings. The molecular formula is C30H36N8O4S. The number of aryl methyl sites for hydroxylation is 1. The normalized spacial score (nSPS) is 17.6. The van der Waals surface area contributed by atoms with Crippen LogP contribution in [0.1, 0.15) is 58.0 Å². The average molecular weight is 605 g/mol. The average Bonchev–Trinajstić information content (AvgIpc) is 3.63. The fourth-order valence-corrected chi connectivity index (χ4v) is 5.97. The first-order valence-electron chi connectivity index (χ1n) is 14.5. The molecule has 0 radical (unpaired) electrons. The number of benzene rings is 1. The summed E-state index contributed by atoms with van der Waals surface area (Å²) in [4.78, 5) is 70.2. The number of amides is 4. The van der Waals surface area contributed by atoms with E-state index in [1.165, 1.54) is 23.2 Å². The van der Waals surface area contributed by atoms with Gasteiger partial charge in [0.25, 0.3) is 11.8 Å². The number of rotatable bonds is 6. The Hall–Kier alpha value is -4.39. The Kier molecular flexibility index (Phi) is 9.29. The minimum atomic E-state index is -0.778. The maximum absolute atomic E-state index is 13.6. The third kappa shape index (κ3) is 7.34. The fraction of sp³-hybridized carbons (Fsp3) is 0.433. The number of aromatic nitrogens is 2. The molecule has 12 nitrogen and oxygen atoms in total. The van der Waals surface area contributed by atoms with E-state index < -0.39 is 11.9 Å². The van der Waals surface area contributed by atoms with Crippen LogP contribution in [0.3, 0.4) is 0 Å². The van der Waals surface area contributed by atoms with Gasteiger partial charge in [-0.05, 0) is 69.4 Å². The molecule has 2 aromatic heterocycles. The first-order chi connectivity index (χ1) is 20.7. The lowest BCUT2D eigenvalue weighted by Gasteiger charge is -2.25. The van der Waals surface area contributed by atoms with E-state index in [0.717, 1.165) is 54.0 Å². The molecule has 1 aromatic carbocycles. The summed E-state index contributed by atoms with van der Waals surface area (Å²) in [6.45, 7) is 3.91. The Labute approximate surface area is 254 Å². The van der Waals surface area contributed by atoms with E-state index >= 15 is 0 Å². The Morgan fingerprint density at radius 1 is 1.07 bits per heavy atom. The van der Waals surface area contributed by atoms with Gasteiger partial charge in [0.2, 0.25) is 17.8 Å². The molecule has 2 N–H and O–H groups in total. The number of hydrogen-bond donors (Lipinski definition) is 2. The van der Waals surface area contributed by atoms with Crippen molar-refractivity contribution in [3.8, 4) is 0 Å². The highest BCUT2D eigenvalue weighted by Gasteiger charge is 2.30. The van der Waals surface area contributed by atoms with Crippen molar-refractivity contribution in [3.63, 3.8) is 0 Å². The molecule has 0 aliphatic carbocycles. The third-order valence-electron chi connectivity index (χ3n) is 7.46. The van der Waals surface area contributed by atoms with E-state index in [9.17, 15) is 19.2 Å². The van der Waals surface area contributed by atoms with Crippen molar-refractivity contribution in [1.29, 1.82) is 0 Å². The lowest BCUT2D eigenvalue weighted by Crippen LogP contribution is -2.45. The van der Waals surface area contributed by atoms with E-state index in [2.05, 4.69) is 20.6 Å². The summed E-state index contributed by atoms with van der Waals surface area (Å²) in [6.07, 6.45) is 5.31. The summed E-state index contributed by atoms with van der Waals surface area (Å²) >= 11 is 1.58. The van der Waals surface area contributed by atoms with Gasteiger partial charge in [-0.25, -0.2) is 9.98 Å². The van der Waals surface area contributed by atoms with E-state index in [1.807, 2.05) is 30.0 Å². The summed E-state index contributed by atoms with van der Waals surface area (Å²) < 4.78 is 1.03. The molecule has 4 heterocycles. The van der Waals surface area contributed by atoms with Crippen LogP contribution in [-0.4, -0.2) is 101 Å². The van der Waals surface area contributed by atoms with Gasteiger partial charge in [0.15, 0.2) is 0 Å². The Bertz CT molecular complexity index is 1550. The van der Waals surface area contributed by atoms with Crippen LogP contribution in [0.25, 0.3) is 10.2 Å². The van der Waals surface area contributed by atoms with E-state index in [-0.39, 0.29) is 41.5 Å². The smallest absolute Gasteiger partial charge is 0.271 e. The van der Waals surface area contributed by atoms with Gasteiger partial charge in [0.05, 0.1) is 27.3 Å². The fourth-order valence-electron chi connectivity index (χ4n) is 5.16. The number of anilines is 1. The van der Waals surface area contributed by atoms with Gasteiger partial charge in [-0.15, -0.1) is 11.3 Å². The van der Waals surface area contributed by atoms with Gasteiger partial charge < -0.3 is 20.0 Å². The van der Waals surface area contributed by atoms with Gasteiger partial charge in [-0.2, -0.15) is 0 Å². The summed E-state index contributed by atoms with van der Waals surface area (Å²) in [7, 11) is 3.25. The zero-order valence-corrected chi connectivity index (χ0v) is 25.4. The van der Waals surface area contributed by atoms with Crippen LogP contribution in [0.2, 0.25) is 0 Å². The van der Waals surface area contributed by atoms with Gasteiger partial charge in [-0.3, -0.25) is 29.5 Å². The third-order valence-corrected chi connectivity index (χ3v) is 8.41. The van der Waals surface area contributed by atoms with Gasteiger partial charge >= 0.3 is 0 Å². The Balaban J connectivity index is 1.39. The van der Waals surface area contributed by atoms with Crippen LogP contribution in [0.15, 0.2) is 41.5 Å². The second-order valence-corrected chi connectivity index (χ2v) is 12.2. The lowest BCUT2D eigenvalue weighted by molar-refractivity contribution is -0.140. The number of thiazole rings is 1. The molecule has 0 bridgehead atoms. The van der Waals surface area contributed by atoms with Crippen molar-refractivity contribution < 1.29 is 19.2 Å². The summed E-state index contributed by atoms with van der Waals surface area (Å²) in [6, 6.07) is 7.89. The van der Waals surface area contributed by atoms with E-state index in [4.69, 9.17) is 4.99 Å². The van der Waals surface area contributed by atoms with Crippen LogP contribution < -0.4 is 10.6 Å². The largest absolute Gasteiger partial charge is 0.343 e. The molecule has 0 saturated carbocycles. The number of nitrogens with zero attached hydrogens (tertiary/aromatic N) is 6. The molecule has 4 amide bonds. The number of carbonyl (C=O) groups excluding carboxylic acids is 4. The van der Waals surface area contributed by atoms with Crippen LogP contribution in [0.4, 0.5) is 5.69 Å². The lowest BCUT2D eigenvalue weighted by atomic mass is 10.1. The summed E-state index contributed by atoms with van der Waals surface area (Å²) in [5, 5.41) is 6.90.